The maximum absolute atomic E-state index is 6.75. The quantitative estimate of drug-likeness (QED) is 0.166. The van der Waals surface area contributed by atoms with Gasteiger partial charge in [0.2, 0.25) is 5.89 Å². The summed E-state index contributed by atoms with van der Waals surface area (Å²) >= 11 is 0. The second-order valence-corrected chi connectivity index (χ2v) is 16.1. The van der Waals surface area contributed by atoms with Gasteiger partial charge in [-0.3, -0.25) is 0 Å². The number of hydrogen-bond donors (Lipinski definition) is 0. The van der Waals surface area contributed by atoms with Crippen LogP contribution >= 0.6 is 0 Å². The Morgan fingerprint density at radius 1 is 0.297 bits per heavy atom. The molecule has 10 aromatic carbocycles. The smallest absolute Gasteiger partial charge is 0.227 e. The minimum absolute atomic E-state index is 0.564. The van der Waals surface area contributed by atoms with Crippen molar-refractivity contribution in [2.24, 2.45) is 0 Å². The lowest BCUT2D eigenvalue weighted by atomic mass is 9.94. The van der Waals surface area contributed by atoms with Crippen LogP contribution in [0.25, 0.3) is 133 Å². The van der Waals surface area contributed by atoms with Gasteiger partial charge in [0.25, 0.3) is 0 Å². The van der Waals surface area contributed by atoms with Crippen LogP contribution < -0.4 is 0 Å². The Morgan fingerprint density at radius 3 is 1.67 bits per heavy atom. The highest BCUT2D eigenvalue weighted by Gasteiger charge is 2.22. The van der Waals surface area contributed by atoms with Crippen molar-refractivity contribution in [1.82, 2.24) is 19.9 Å². The Labute approximate surface area is 366 Å². The van der Waals surface area contributed by atoms with E-state index < -0.39 is 0 Å². The third-order valence-electron chi connectivity index (χ3n) is 12.4. The fourth-order valence-electron chi connectivity index (χ4n) is 9.38. The molecule has 0 aliphatic carbocycles. The fraction of sp³-hybridized carbons (Fsp3) is 0. The van der Waals surface area contributed by atoms with Gasteiger partial charge in [-0.2, -0.15) is 0 Å². The molecule has 0 bridgehead atoms. The zero-order chi connectivity index (χ0) is 42.1. The molecule has 0 amide bonds. The highest BCUT2D eigenvalue weighted by Crippen LogP contribution is 2.43. The summed E-state index contributed by atoms with van der Waals surface area (Å²) < 4.78 is 13.3. The number of aromatic nitrogens is 4. The van der Waals surface area contributed by atoms with Gasteiger partial charge in [-0.25, -0.2) is 19.9 Å². The maximum Gasteiger partial charge on any atom is 0.227 e. The number of hydrogen-bond acceptors (Lipinski definition) is 6. The van der Waals surface area contributed by atoms with Gasteiger partial charge >= 0.3 is 0 Å². The van der Waals surface area contributed by atoms with Crippen molar-refractivity contribution in [2.75, 3.05) is 0 Å². The first kappa shape index (κ1) is 36.0. The summed E-state index contributed by atoms with van der Waals surface area (Å²) in [5, 5.41) is 8.29. The zero-order valence-corrected chi connectivity index (χ0v) is 34.2. The summed E-state index contributed by atoms with van der Waals surface area (Å²) in [6, 6.07) is 71.1. The molecule has 0 aliphatic heterocycles. The Bertz CT molecular complexity index is 3960. The molecule has 13 aromatic rings. The van der Waals surface area contributed by atoms with Crippen molar-refractivity contribution in [3.8, 4) is 67.9 Å². The monoisotopic (exact) mass is 818 g/mol. The van der Waals surface area contributed by atoms with Gasteiger partial charge in [-0.05, 0) is 91.0 Å². The lowest BCUT2D eigenvalue weighted by Crippen LogP contribution is -2.01. The predicted octanol–water partition coefficient (Wildman–Crippen LogP) is 15.4. The summed E-state index contributed by atoms with van der Waals surface area (Å²) in [7, 11) is 0. The average Bonchev–Trinajstić information content (AvgIpc) is 3.98. The molecule has 0 aliphatic rings. The highest BCUT2D eigenvalue weighted by molar-refractivity contribution is 6.25. The summed E-state index contributed by atoms with van der Waals surface area (Å²) in [5.41, 5.74) is 11.0. The van der Waals surface area contributed by atoms with Gasteiger partial charge in [-0.1, -0.05) is 170 Å². The molecule has 6 heteroatoms. The van der Waals surface area contributed by atoms with E-state index >= 15 is 0 Å². The van der Waals surface area contributed by atoms with E-state index in [9.17, 15) is 0 Å². The van der Waals surface area contributed by atoms with Crippen LogP contribution in [0.15, 0.2) is 215 Å². The van der Waals surface area contributed by atoms with Gasteiger partial charge in [0.05, 0.1) is 5.39 Å². The summed E-state index contributed by atoms with van der Waals surface area (Å²) in [5.74, 6) is 2.32. The number of rotatable bonds is 6. The van der Waals surface area contributed by atoms with Crippen LogP contribution in [0, 0.1) is 0 Å². The molecule has 0 saturated carbocycles. The highest BCUT2D eigenvalue weighted by atomic mass is 16.4. The summed E-state index contributed by atoms with van der Waals surface area (Å²) in [6.45, 7) is 0. The van der Waals surface area contributed by atoms with E-state index in [1.54, 1.807) is 0 Å². The predicted molar refractivity (Wildman–Crippen MR) is 260 cm³/mol. The molecular formula is C58H34N4O2. The van der Waals surface area contributed by atoms with Gasteiger partial charge < -0.3 is 8.83 Å². The molecule has 0 radical (unpaired) electrons. The topological polar surface area (TPSA) is 77.8 Å². The molecule has 3 heterocycles. The van der Waals surface area contributed by atoms with Crippen LogP contribution in [0.4, 0.5) is 0 Å². The van der Waals surface area contributed by atoms with Crippen LogP contribution in [-0.4, -0.2) is 19.9 Å². The van der Waals surface area contributed by atoms with Crippen molar-refractivity contribution in [3.05, 3.63) is 206 Å². The standard InChI is InChI=1S/C58H34N4O2/c1-3-14-35(15-4-1)40-20-9-12-24-45(40)56-60-55(61-57(62-56)46-30-29-42(36-16-5-2-6-17-36)43-22-10-11-23-44(43)46)39-27-26-38-28-32-50-52(48(38)34-39)53-51(63-50)33-31-49-54(53)64-58(59-49)47-25-13-19-37-18-7-8-21-41(37)47/h1-34H. The molecule has 298 valence electrons. The molecular weight excluding hydrogens is 785 g/mol. The zero-order valence-electron chi connectivity index (χ0n) is 34.2. The lowest BCUT2D eigenvalue weighted by molar-refractivity contribution is 0.623. The van der Waals surface area contributed by atoms with Crippen molar-refractivity contribution in [2.45, 2.75) is 0 Å². The van der Waals surface area contributed by atoms with Crippen molar-refractivity contribution >= 4 is 65.4 Å². The minimum Gasteiger partial charge on any atom is -0.456 e. The fourth-order valence-corrected chi connectivity index (χ4v) is 9.38. The van der Waals surface area contributed by atoms with Gasteiger partial charge in [-0.15, -0.1) is 0 Å². The van der Waals surface area contributed by atoms with Crippen LogP contribution in [-0.2, 0) is 0 Å². The molecule has 0 spiro atoms. The van der Waals surface area contributed by atoms with Gasteiger partial charge in [0.1, 0.15) is 16.7 Å². The Morgan fingerprint density at radius 2 is 0.859 bits per heavy atom. The number of furan rings is 1. The van der Waals surface area contributed by atoms with E-state index in [4.69, 9.17) is 28.8 Å². The molecule has 6 nitrogen and oxygen atoms in total. The second-order valence-electron chi connectivity index (χ2n) is 16.1. The first-order chi connectivity index (χ1) is 31.7. The largest absolute Gasteiger partial charge is 0.456 e. The Balaban J connectivity index is 1.04. The van der Waals surface area contributed by atoms with Gasteiger partial charge in [0.15, 0.2) is 23.1 Å². The normalized spacial score (nSPS) is 11.8. The number of nitrogens with zero attached hydrogens (tertiary/aromatic N) is 4. The van der Waals surface area contributed by atoms with E-state index in [0.717, 1.165) is 104 Å². The molecule has 0 unspecified atom stereocenters. The molecule has 0 fully saturated rings. The molecule has 0 N–H and O–H groups in total. The second kappa shape index (κ2) is 14.4. The van der Waals surface area contributed by atoms with Gasteiger partial charge in [0, 0.05) is 27.6 Å². The van der Waals surface area contributed by atoms with E-state index in [2.05, 4.69) is 152 Å². The van der Waals surface area contributed by atoms with Crippen molar-refractivity contribution in [1.29, 1.82) is 0 Å². The average molecular weight is 819 g/mol. The van der Waals surface area contributed by atoms with E-state index in [-0.39, 0.29) is 0 Å². The first-order valence-electron chi connectivity index (χ1n) is 21.4. The van der Waals surface area contributed by atoms with E-state index in [1.807, 2.05) is 54.6 Å². The Hall–Kier alpha value is -8.74. The third kappa shape index (κ3) is 5.81. The molecule has 0 atom stereocenters. The Kier molecular flexibility index (Phi) is 8.11. The maximum atomic E-state index is 6.75. The van der Waals surface area contributed by atoms with E-state index in [0.29, 0.717) is 28.9 Å². The number of oxazole rings is 1. The van der Waals surface area contributed by atoms with Crippen LogP contribution in [0.2, 0.25) is 0 Å². The van der Waals surface area contributed by atoms with Crippen molar-refractivity contribution < 1.29 is 8.83 Å². The molecule has 64 heavy (non-hydrogen) atoms. The van der Waals surface area contributed by atoms with Crippen LogP contribution in [0.1, 0.15) is 0 Å². The van der Waals surface area contributed by atoms with Crippen LogP contribution in [0.3, 0.4) is 0 Å². The minimum atomic E-state index is 0.564. The summed E-state index contributed by atoms with van der Waals surface area (Å²) in [6.07, 6.45) is 0. The van der Waals surface area contributed by atoms with E-state index in [1.165, 1.54) is 0 Å². The number of benzene rings is 10. The molecule has 0 saturated heterocycles. The molecule has 13 rings (SSSR count). The van der Waals surface area contributed by atoms with Crippen LogP contribution in [0.5, 0.6) is 0 Å². The lowest BCUT2D eigenvalue weighted by Gasteiger charge is -2.14. The number of fused-ring (bicyclic) bond motifs is 9. The first-order valence-corrected chi connectivity index (χ1v) is 21.4. The SMILES string of the molecule is c1ccc(-c2ccccc2-c2nc(-c3ccc4ccc5oc6ccc7nc(-c8cccc9ccccc89)oc7c6c5c4c3)nc(-c3ccc(-c4ccccc4)c4ccccc34)n2)cc1. The third-order valence-corrected chi connectivity index (χ3v) is 12.4. The van der Waals surface area contributed by atoms with Crippen molar-refractivity contribution in [3.63, 3.8) is 0 Å². The molecule has 3 aromatic heterocycles. The summed E-state index contributed by atoms with van der Waals surface area (Å²) in [4.78, 5) is 21.0.